The number of nitrogens with one attached hydrogen (secondary N) is 1. The van der Waals surface area contributed by atoms with Gasteiger partial charge in [0.2, 0.25) is 11.8 Å². The van der Waals surface area contributed by atoms with Crippen molar-refractivity contribution in [3.63, 3.8) is 0 Å². The number of hydrogen-bond donors (Lipinski definition) is 1. The molecule has 0 fully saturated rings. The lowest BCUT2D eigenvalue weighted by Gasteiger charge is -2.09. The summed E-state index contributed by atoms with van der Waals surface area (Å²) in [5.74, 6) is 0.498. The summed E-state index contributed by atoms with van der Waals surface area (Å²) in [6.45, 7) is 1.71. The van der Waals surface area contributed by atoms with Gasteiger partial charge in [-0.05, 0) is 17.7 Å². The number of amides is 1. The predicted molar refractivity (Wildman–Crippen MR) is 95.4 cm³/mol. The van der Waals surface area contributed by atoms with Crippen LogP contribution in [0.1, 0.15) is 24.0 Å². The van der Waals surface area contributed by atoms with Gasteiger partial charge in [-0.3, -0.25) is 4.79 Å². The Morgan fingerprint density at radius 1 is 1.08 bits per heavy atom. The number of hydrogen-bond acceptors (Lipinski definition) is 6. The average Bonchev–Trinajstić information content (AvgIpc) is 3.32. The molecule has 1 aliphatic heterocycles. The van der Waals surface area contributed by atoms with Crippen LogP contribution in [0, 0.1) is 6.92 Å². The van der Waals surface area contributed by atoms with Gasteiger partial charge in [-0.15, -0.1) is 10.2 Å². The fourth-order valence-corrected chi connectivity index (χ4v) is 2.74. The van der Waals surface area contributed by atoms with Gasteiger partial charge in [-0.1, -0.05) is 47.6 Å². The molecule has 0 spiro atoms. The van der Waals surface area contributed by atoms with Crippen molar-refractivity contribution in [2.24, 2.45) is 5.16 Å². The van der Waals surface area contributed by atoms with Gasteiger partial charge in [-0.25, -0.2) is 0 Å². The summed E-state index contributed by atoms with van der Waals surface area (Å²) in [5, 5.41) is 14.6. The molecule has 7 heteroatoms. The van der Waals surface area contributed by atoms with E-state index in [1.807, 2.05) is 48.5 Å². The number of aromatic nitrogens is 2. The number of nitrogens with zero attached hydrogens (tertiary/aromatic N) is 3. The lowest BCUT2D eigenvalue weighted by atomic mass is 10.0. The largest absolute Gasteiger partial charge is 0.421 e. The van der Waals surface area contributed by atoms with Crippen LogP contribution in [0.5, 0.6) is 0 Å². The van der Waals surface area contributed by atoms with Crippen molar-refractivity contribution in [1.29, 1.82) is 0 Å². The smallest absolute Gasteiger partial charge is 0.273 e. The lowest BCUT2D eigenvalue weighted by molar-refractivity contribution is -0.110. The molecule has 0 bridgehead atoms. The van der Waals surface area contributed by atoms with Crippen molar-refractivity contribution in [1.82, 2.24) is 10.2 Å². The van der Waals surface area contributed by atoms with Crippen molar-refractivity contribution in [3.8, 4) is 11.5 Å². The number of anilines is 1. The molecule has 1 aromatic heterocycles. The summed E-state index contributed by atoms with van der Waals surface area (Å²) in [4.78, 5) is 18.0. The van der Waals surface area contributed by atoms with Crippen LogP contribution < -0.4 is 5.32 Å². The van der Waals surface area contributed by atoms with E-state index in [1.54, 1.807) is 13.0 Å². The van der Waals surface area contributed by atoms with E-state index in [-0.39, 0.29) is 12.0 Å². The number of benzene rings is 2. The summed E-state index contributed by atoms with van der Waals surface area (Å²) in [6.07, 6.45) is 0.170. The van der Waals surface area contributed by atoms with E-state index in [0.717, 1.165) is 5.56 Å². The van der Waals surface area contributed by atoms with Crippen LogP contribution in [0.2, 0.25) is 0 Å². The first-order valence-electron chi connectivity index (χ1n) is 8.19. The minimum absolute atomic E-state index is 0.245. The monoisotopic (exact) mass is 348 g/mol. The van der Waals surface area contributed by atoms with Gasteiger partial charge < -0.3 is 14.6 Å². The second-order valence-electron chi connectivity index (χ2n) is 5.87. The molecular weight excluding hydrogens is 332 g/mol. The molecule has 130 valence electrons. The van der Waals surface area contributed by atoms with Crippen molar-refractivity contribution >= 4 is 17.3 Å². The molecule has 1 N–H and O–H groups in total. The maximum Gasteiger partial charge on any atom is 0.273 e. The molecule has 0 saturated carbocycles. The highest BCUT2D eigenvalue weighted by Crippen LogP contribution is 2.29. The summed E-state index contributed by atoms with van der Waals surface area (Å²) in [5.41, 5.74) is 2.56. The first-order valence-corrected chi connectivity index (χ1v) is 8.19. The van der Waals surface area contributed by atoms with Gasteiger partial charge >= 0.3 is 0 Å². The SMILES string of the molecule is Cc1nnc(-c2ccccc2NC(=O)C2=NO[C@@H](c3ccccc3)C2)o1. The molecule has 2 heterocycles. The van der Waals surface area contributed by atoms with Gasteiger partial charge in [0.05, 0.1) is 11.3 Å². The van der Waals surface area contributed by atoms with E-state index in [0.29, 0.717) is 35.2 Å². The summed E-state index contributed by atoms with van der Waals surface area (Å²) in [6, 6.07) is 16.9. The van der Waals surface area contributed by atoms with Crippen LogP contribution in [0.3, 0.4) is 0 Å². The van der Waals surface area contributed by atoms with Crippen LogP contribution in [-0.2, 0) is 9.63 Å². The van der Waals surface area contributed by atoms with E-state index >= 15 is 0 Å². The van der Waals surface area contributed by atoms with Crippen LogP contribution in [-0.4, -0.2) is 21.8 Å². The first-order chi connectivity index (χ1) is 12.7. The number of aryl methyl sites for hydroxylation is 1. The summed E-state index contributed by atoms with van der Waals surface area (Å²) >= 11 is 0. The van der Waals surface area contributed by atoms with Crippen LogP contribution in [0.15, 0.2) is 64.2 Å². The third kappa shape index (κ3) is 3.19. The molecule has 26 heavy (non-hydrogen) atoms. The number of para-hydroxylation sites is 1. The molecule has 3 aromatic rings. The Balaban J connectivity index is 1.50. The van der Waals surface area contributed by atoms with Gasteiger partial charge in [0.15, 0.2) is 6.10 Å². The summed E-state index contributed by atoms with van der Waals surface area (Å²) in [7, 11) is 0. The van der Waals surface area contributed by atoms with Crippen LogP contribution >= 0.6 is 0 Å². The van der Waals surface area contributed by atoms with Crippen molar-refractivity contribution in [2.45, 2.75) is 19.4 Å². The number of rotatable bonds is 4. The van der Waals surface area contributed by atoms with E-state index in [2.05, 4.69) is 20.7 Å². The topological polar surface area (TPSA) is 89.6 Å². The highest BCUT2D eigenvalue weighted by atomic mass is 16.6. The van der Waals surface area contributed by atoms with Crippen LogP contribution in [0.25, 0.3) is 11.5 Å². The maximum absolute atomic E-state index is 12.6. The van der Waals surface area contributed by atoms with Crippen molar-refractivity contribution in [3.05, 3.63) is 66.1 Å². The molecule has 0 unspecified atom stereocenters. The Morgan fingerprint density at radius 2 is 1.85 bits per heavy atom. The molecule has 0 saturated heterocycles. The second-order valence-corrected chi connectivity index (χ2v) is 5.87. The zero-order chi connectivity index (χ0) is 17.9. The minimum atomic E-state index is -0.313. The number of carbonyl (C=O) groups is 1. The zero-order valence-corrected chi connectivity index (χ0v) is 14.0. The molecule has 2 aromatic carbocycles. The Hall–Kier alpha value is -3.48. The zero-order valence-electron chi connectivity index (χ0n) is 14.0. The Bertz CT molecular complexity index is 966. The van der Waals surface area contributed by atoms with Gasteiger partial charge in [0.1, 0.15) is 5.71 Å². The van der Waals surface area contributed by atoms with Gasteiger partial charge in [0.25, 0.3) is 5.91 Å². The Morgan fingerprint density at radius 3 is 2.62 bits per heavy atom. The molecule has 0 aliphatic carbocycles. The summed E-state index contributed by atoms with van der Waals surface area (Å²) < 4.78 is 5.46. The van der Waals surface area contributed by atoms with E-state index < -0.39 is 0 Å². The molecular formula is C19H16N4O3. The number of oxime groups is 1. The Kier molecular flexibility index (Phi) is 4.18. The van der Waals surface area contributed by atoms with Crippen LogP contribution in [0.4, 0.5) is 5.69 Å². The first kappa shape index (κ1) is 16.0. The van der Waals surface area contributed by atoms with Gasteiger partial charge in [-0.2, -0.15) is 0 Å². The molecule has 4 rings (SSSR count). The number of carbonyl (C=O) groups excluding carboxylic acids is 1. The normalized spacial score (nSPS) is 16.0. The highest BCUT2D eigenvalue weighted by molar-refractivity contribution is 6.43. The van der Waals surface area contributed by atoms with Crippen molar-refractivity contribution in [2.75, 3.05) is 5.32 Å². The Labute approximate surface area is 149 Å². The minimum Gasteiger partial charge on any atom is -0.421 e. The lowest BCUT2D eigenvalue weighted by Crippen LogP contribution is -2.22. The fourth-order valence-electron chi connectivity index (χ4n) is 2.74. The third-order valence-corrected chi connectivity index (χ3v) is 4.03. The second kappa shape index (κ2) is 6.79. The molecule has 1 amide bonds. The fraction of sp³-hybridized carbons (Fsp3) is 0.158. The molecule has 0 radical (unpaired) electrons. The maximum atomic E-state index is 12.6. The predicted octanol–water partition coefficient (Wildman–Crippen LogP) is 3.50. The quantitative estimate of drug-likeness (QED) is 0.779. The van der Waals surface area contributed by atoms with E-state index in [4.69, 9.17) is 9.25 Å². The average molecular weight is 348 g/mol. The molecule has 7 nitrogen and oxygen atoms in total. The van der Waals surface area contributed by atoms with E-state index in [9.17, 15) is 4.79 Å². The molecule has 1 atom stereocenters. The van der Waals surface area contributed by atoms with E-state index in [1.165, 1.54) is 0 Å². The molecule has 1 aliphatic rings. The van der Waals surface area contributed by atoms with Crippen molar-refractivity contribution < 1.29 is 14.0 Å². The standard InChI is InChI=1S/C19H16N4O3/c1-12-21-22-19(25-12)14-9-5-6-10-15(14)20-18(24)16-11-17(26-23-16)13-7-3-2-4-8-13/h2-10,17H,11H2,1H3,(H,20,24)/t17-/m1/s1. The van der Waals surface area contributed by atoms with Gasteiger partial charge in [0, 0.05) is 13.3 Å². The highest BCUT2D eigenvalue weighted by Gasteiger charge is 2.27. The third-order valence-electron chi connectivity index (χ3n) is 4.03.